The molecule has 146 valence electrons. The largest absolute Gasteiger partial charge is 0.467 e. The van der Waals surface area contributed by atoms with Crippen LogP contribution in [-0.2, 0) is 16.1 Å². The highest BCUT2D eigenvalue weighted by molar-refractivity contribution is 5.83. The van der Waals surface area contributed by atoms with E-state index < -0.39 is 5.91 Å². The second-order valence-electron chi connectivity index (χ2n) is 6.55. The van der Waals surface area contributed by atoms with Crippen LogP contribution in [0, 0.1) is 18.3 Å². The number of ether oxygens (including phenoxy) is 2. The molecule has 1 aromatic carbocycles. The van der Waals surface area contributed by atoms with Crippen molar-refractivity contribution in [2.24, 2.45) is 5.10 Å². The van der Waals surface area contributed by atoms with Crippen LogP contribution in [0.25, 0.3) is 0 Å². The molecule has 0 atom stereocenters. The van der Waals surface area contributed by atoms with Crippen molar-refractivity contribution in [3.63, 3.8) is 0 Å². The van der Waals surface area contributed by atoms with Gasteiger partial charge in [0.05, 0.1) is 12.8 Å². The molecule has 7 nitrogen and oxygen atoms in total. The lowest BCUT2D eigenvalue weighted by Gasteiger charge is -2.10. The van der Waals surface area contributed by atoms with Crippen molar-refractivity contribution < 1.29 is 14.3 Å². The van der Waals surface area contributed by atoms with Crippen LogP contribution in [-0.4, -0.2) is 30.8 Å². The van der Waals surface area contributed by atoms with Gasteiger partial charge in [-0.1, -0.05) is 38.1 Å². The highest BCUT2D eigenvalue weighted by Crippen LogP contribution is 2.21. The van der Waals surface area contributed by atoms with E-state index in [9.17, 15) is 10.1 Å². The molecular formula is C21H24N4O3. The Morgan fingerprint density at radius 1 is 1.36 bits per heavy atom. The number of nitrogens with one attached hydrogen (secondary N) is 1. The van der Waals surface area contributed by atoms with Crippen LogP contribution in [0.5, 0.6) is 5.88 Å². The van der Waals surface area contributed by atoms with Gasteiger partial charge in [-0.2, -0.15) is 10.4 Å². The number of nitrogens with zero attached hydrogens (tertiary/aromatic N) is 3. The van der Waals surface area contributed by atoms with Crippen LogP contribution in [0.2, 0.25) is 0 Å². The maximum Gasteiger partial charge on any atom is 0.278 e. The van der Waals surface area contributed by atoms with Crippen molar-refractivity contribution >= 4 is 12.1 Å². The zero-order chi connectivity index (χ0) is 20.5. The molecular weight excluding hydrogens is 356 g/mol. The molecule has 0 spiro atoms. The zero-order valence-electron chi connectivity index (χ0n) is 16.5. The van der Waals surface area contributed by atoms with Crippen LogP contribution in [0.4, 0.5) is 0 Å². The SMILES string of the molecule is COCc1cc(C)nc(OCC(=O)N/N=C\c2ccc(C(C)C)cc2)c1C#N. The number of carbonyl (C=O) groups is 1. The number of amides is 1. The molecule has 7 heteroatoms. The number of nitriles is 1. The van der Waals surface area contributed by atoms with E-state index >= 15 is 0 Å². The minimum absolute atomic E-state index is 0.109. The number of benzene rings is 1. The normalized spacial score (nSPS) is 10.9. The summed E-state index contributed by atoms with van der Waals surface area (Å²) in [7, 11) is 1.54. The first kappa shape index (κ1) is 21.1. The predicted molar refractivity (Wildman–Crippen MR) is 106 cm³/mol. The molecule has 2 aromatic rings. The Balaban J connectivity index is 1.94. The van der Waals surface area contributed by atoms with Gasteiger partial charge in [-0.25, -0.2) is 10.4 Å². The summed E-state index contributed by atoms with van der Waals surface area (Å²) in [5, 5.41) is 13.3. The van der Waals surface area contributed by atoms with Crippen LogP contribution in [0.1, 0.15) is 47.7 Å². The molecule has 1 heterocycles. The van der Waals surface area contributed by atoms with Gasteiger partial charge in [0, 0.05) is 18.4 Å². The monoisotopic (exact) mass is 380 g/mol. The standard InChI is InChI=1S/C21H24N4O3/c1-14(2)17-7-5-16(6-8-17)11-23-25-20(26)13-28-21-19(10-22)18(12-27-4)9-15(3)24-21/h5-9,11,14H,12-13H2,1-4H3,(H,25,26)/b23-11-. The Bertz CT molecular complexity index is 884. The summed E-state index contributed by atoms with van der Waals surface area (Å²) >= 11 is 0. The van der Waals surface area contributed by atoms with Crippen LogP contribution in [0.15, 0.2) is 35.4 Å². The smallest absolute Gasteiger partial charge is 0.278 e. The zero-order valence-corrected chi connectivity index (χ0v) is 16.5. The third-order valence-corrected chi connectivity index (χ3v) is 3.95. The fourth-order valence-electron chi connectivity index (χ4n) is 2.52. The molecule has 1 amide bonds. The van der Waals surface area contributed by atoms with Gasteiger partial charge in [-0.05, 0) is 30.0 Å². The summed E-state index contributed by atoms with van der Waals surface area (Å²) in [5.41, 5.74) is 6.11. The van der Waals surface area contributed by atoms with Gasteiger partial charge in [0.25, 0.3) is 5.91 Å². The van der Waals surface area contributed by atoms with Crippen LogP contribution in [0.3, 0.4) is 0 Å². The Morgan fingerprint density at radius 3 is 2.68 bits per heavy atom. The van der Waals surface area contributed by atoms with Crippen molar-refractivity contribution in [2.45, 2.75) is 33.3 Å². The average Bonchev–Trinajstić information content (AvgIpc) is 2.67. The van der Waals surface area contributed by atoms with Crippen molar-refractivity contribution in [3.05, 3.63) is 58.3 Å². The van der Waals surface area contributed by atoms with E-state index in [4.69, 9.17) is 9.47 Å². The van der Waals surface area contributed by atoms with Crippen molar-refractivity contribution in [2.75, 3.05) is 13.7 Å². The summed E-state index contributed by atoms with van der Waals surface area (Å²) in [6.45, 7) is 5.99. The number of carbonyl (C=O) groups excluding carboxylic acids is 1. The summed E-state index contributed by atoms with van der Waals surface area (Å²) in [6.07, 6.45) is 1.56. The number of hydrazone groups is 1. The van der Waals surface area contributed by atoms with Crippen molar-refractivity contribution in [1.82, 2.24) is 10.4 Å². The fraction of sp³-hybridized carbons (Fsp3) is 0.333. The summed E-state index contributed by atoms with van der Waals surface area (Å²) in [4.78, 5) is 16.2. The van der Waals surface area contributed by atoms with Gasteiger partial charge >= 0.3 is 0 Å². The Labute approximate surface area is 165 Å². The highest BCUT2D eigenvalue weighted by atomic mass is 16.5. The maximum absolute atomic E-state index is 12.0. The molecule has 0 unspecified atom stereocenters. The molecule has 0 bridgehead atoms. The second-order valence-corrected chi connectivity index (χ2v) is 6.55. The van der Waals surface area contributed by atoms with E-state index in [1.54, 1.807) is 26.3 Å². The van der Waals surface area contributed by atoms with E-state index in [1.807, 2.05) is 30.3 Å². The third-order valence-electron chi connectivity index (χ3n) is 3.95. The molecule has 2 rings (SSSR count). The molecule has 0 aliphatic heterocycles. The first-order valence-corrected chi connectivity index (χ1v) is 8.88. The van der Waals surface area contributed by atoms with Gasteiger partial charge < -0.3 is 9.47 Å². The Morgan fingerprint density at radius 2 is 2.07 bits per heavy atom. The number of rotatable bonds is 8. The minimum atomic E-state index is -0.449. The lowest BCUT2D eigenvalue weighted by Crippen LogP contribution is -2.25. The molecule has 0 saturated heterocycles. The van der Waals surface area contributed by atoms with Gasteiger partial charge in [0.2, 0.25) is 5.88 Å². The first-order valence-electron chi connectivity index (χ1n) is 8.88. The fourth-order valence-corrected chi connectivity index (χ4v) is 2.52. The lowest BCUT2D eigenvalue weighted by atomic mass is 10.0. The van der Waals surface area contributed by atoms with E-state index in [0.29, 0.717) is 17.2 Å². The summed E-state index contributed by atoms with van der Waals surface area (Å²) < 4.78 is 10.5. The van der Waals surface area contributed by atoms with E-state index in [0.717, 1.165) is 5.56 Å². The summed E-state index contributed by atoms with van der Waals surface area (Å²) in [6, 6.07) is 11.7. The number of hydrogen-bond donors (Lipinski definition) is 1. The van der Waals surface area contributed by atoms with Crippen LogP contribution >= 0.6 is 0 Å². The summed E-state index contributed by atoms with van der Waals surface area (Å²) in [5.74, 6) is 0.120. The molecule has 0 radical (unpaired) electrons. The first-order chi connectivity index (χ1) is 13.4. The average molecular weight is 380 g/mol. The Kier molecular flexibility index (Phi) is 7.66. The molecule has 28 heavy (non-hydrogen) atoms. The molecule has 1 aromatic heterocycles. The van der Waals surface area contributed by atoms with Crippen molar-refractivity contribution in [3.8, 4) is 11.9 Å². The Hall–Kier alpha value is -3.24. The van der Waals surface area contributed by atoms with Gasteiger partial charge in [-0.15, -0.1) is 0 Å². The predicted octanol–water partition coefficient (Wildman–Crippen LogP) is 3.06. The minimum Gasteiger partial charge on any atom is -0.467 e. The van der Waals surface area contributed by atoms with Crippen molar-refractivity contribution in [1.29, 1.82) is 5.26 Å². The number of methoxy groups -OCH3 is 1. The van der Waals surface area contributed by atoms with Crippen LogP contribution < -0.4 is 10.2 Å². The topological polar surface area (TPSA) is 96.6 Å². The molecule has 0 saturated carbocycles. The molecule has 0 aliphatic rings. The van der Waals surface area contributed by atoms with Gasteiger partial charge in [0.15, 0.2) is 6.61 Å². The second kappa shape index (κ2) is 10.2. The number of pyridine rings is 1. The van der Waals surface area contributed by atoms with Gasteiger partial charge in [-0.3, -0.25) is 4.79 Å². The number of aromatic nitrogens is 1. The number of hydrogen-bond acceptors (Lipinski definition) is 6. The molecule has 1 N–H and O–H groups in total. The van der Waals surface area contributed by atoms with Gasteiger partial charge in [0.1, 0.15) is 11.6 Å². The third kappa shape index (κ3) is 5.89. The quantitative estimate of drug-likeness (QED) is 0.561. The van der Waals surface area contributed by atoms with E-state index in [2.05, 4.69) is 29.4 Å². The van der Waals surface area contributed by atoms with E-state index in [-0.39, 0.29) is 24.7 Å². The lowest BCUT2D eigenvalue weighted by molar-refractivity contribution is -0.123. The number of aryl methyl sites for hydroxylation is 1. The molecule has 0 fully saturated rings. The molecule has 0 aliphatic carbocycles. The maximum atomic E-state index is 12.0. The van der Waals surface area contributed by atoms with E-state index in [1.165, 1.54) is 5.56 Å². The highest BCUT2D eigenvalue weighted by Gasteiger charge is 2.14.